The molecule has 1 aliphatic rings. The number of nitrogens with zero attached hydrogens (tertiary/aromatic N) is 9. The molecule has 0 bridgehead atoms. The summed E-state index contributed by atoms with van der Waals surface area (Å²) < 4.78 is 23.1. The number of hydrogen-bond donors (Lipinski definition) is 2. The van der Waals surface area contributed by atoms with Gasteiger partial charge in [0.05, 0.1) is 22.3 Å². The standard InChI is InChI=1S/C29H26ClFN10O3/c1-16-4-5-33-19(14-16)24-35-26-21-22(30)23(28(42)43)40(25(21)36-29(32)41(26)37-24)12-9-38-7-10-39(11-8-38)20-15-17(2-3-18(20)31)27-34-6-13-44-27/h2-6,13-15H,7-12H2,1H3,(H2,32,36)(H,42,43). The minimum Gasteiger partial charge on any atom is -0.477 e. The fraction of sp³-hybridized carbons (Fsp3) is 0.241. The number of piperazine rings is 1. The smallest absolute Gasteiger partial charge is 0.354 e. The Morgan fingerprint density at radius 3 is 2.61 bits per heavy atom. The van der Waals surface area contributed by atoms with Crippen LogP contribution in [-0.2, 0) is 6.54 Å². The Bertz CT molecular complexity index is 2030. The van der Waals surface area contributed by atoms with E-state index in [1.165, 1.54) is 16.8 Å². The van der Waals surface area contributed by atoms with E-state index in [2.05, 4.69) is 29.9 Å². The number of aromatic nitrogens is 7. The maximum Gasteiger partial charge on any atom is 0.354 e. The van der Waals surface area contributed by atoms with E-state index in [0.717, 1.165) is 5.56 Å². The Hall–Kier alpha value is -5.08. The average Bonchev–Trinajstić information content (AvgIpc) is 3.76. The maximum atomic E-state index is 14.8. The van der Waals surface area contributed by atoms with Crippen LogP contribution in [0.2, 0.25) is 5.02 Å². The minimum absolute atomic E-state index is 0.00683. The molecule has 1 fully saturated rings. The summed E-state index contributed by atoms with van der Waals surface area (Å²) in [6.07, 6.45) is 4.69. The summed E-state index contributed by atoms with van der Waals surface area (Å²) in [6, 6.07) is 8.50. The van der Waals surface area contributed by atoms with Gasteiger partial charge in [-0.15, -0.1) is 5.10 Å². The Labute approximate surface area is 254 Å². The van der Waals surface area contributed by atoms with Gasteiger partial charge < -0.3 is 24.7 Å². The van der Waals surface area contributed by atoms with Gasteiger partial charge in [0.1, 0.15) is 29.1 Å². The molecule has 0 radical (unpaired) electrons. The number of carboxylic acid groups (broad SMARTS) is 1. The highest BCUT2D eigenvalue weighted by molar-refractivity contribution is 6.39. The third-order valence-electron chi connectivity index (χ3n) is 7.77. The SMILES string of the molecule is Cc1ccnc(-c2nc3c4c(Cl)c(C(=O)O)n(CCN5CCN(c6cc(-c7ncco7)ccc6F)CC5)c4nc(N)n3n2)c1. The van der Waals surface area contributed by atoms with E-state index in [1.54, 1.807) is 29.1 Å². The van der Waals surface area contributed by atoms with Crippen LogP contribution in [0.3, 0.4) is 0 Å². The number of hydrogen-bond acceptors (Lipinski definition) is 10. The fourth-order valence-corrected chi connectivity index (χ4v) is 5.93. The molecule has 0 aliphatic carbocycles. The molecule has 1 aliphatic heterocycles. The van der Waals surface area contributed by atoms with Crippen molar-refractivity contribution in [3.05, 3.63) is 71.1 Å². The molecule has 0 amide bonds. The number of pyridine rings is 1. The Morgan fingerprint density at radius 1 is 1.07 bits per heavy atom. The molecule has 44 heavy (non-hydrogen) atoms. The normalized spacial score (nSPS) is 14.2. The van der Waals surface area contributed by atoms with Crippen LogP contribution in [0.15, 0.2) is 53.4 Å². The van der Waals surface area contributed by atoms with Gasteiger partial charge in [-0.1, -0.05) is 11.6 Å². The lowest BCUT2D eigenvalue weighted by atomic mass is 10.1. The Balaban J connectivity index is 1.14. The van der Waals surface area contributed by atoms with Crippen LogP contribution in [0.5, 0.6) is 0 Å². The van der Waals surface area contributed by atoms with Gasteiger partial charge in [0.25, 0.3) is 0 Å². The second-order valence-corrected chi connectivity index (χ2v) is 10.9. The molecule has 0 unspecified atom stereocenters. The number of oxazole rings is 1. The van der Waals surface area contributed by atoms with Crippen molar-refractivity contribution in [1.29, 1.82) is 0 Å². The number of nitrogen functional groups attached to an aromatic ring is 1. The van der Waals surface area contributed by atoms with E-state index in [-0.39, 0.29) is 29.0 Å². The zero-order valence-electron chi connectivity index (χ0n) is 23.5. The number of aromatic carboxylic acids is 1. The van der Waals surface area contributed by atoms with E-state index in [4.69, 9.17) is 21.8 Å². The molecular weight excluding hydrogens is 591 g/mol. The molecule has 1 aromatic carbocycles. The van der Waals surface area contributed by atoms with Gasteiger partial charge in [0.15, 0.2) is 5.65 Å². The topological polar surface area (TPSA) is 157 Å². The lowest BCUT2D eigenvalue weighted by molar-refractivity contribution is 0.0684. The van der Waals surface area contributed by atoms with Crippen molar-refractivity contribution in [3.8, 4) is 23.0 Å². The summed E-state index contributed by atoms with van der Waals surface area (Å²) in [5, 5.41) is 15.0. The first-order chi connectivity index (χ1) is 21.3. The quantitative estimate of drug-likeness (QED) is 0.267. The van der Waals surface area contributed by atoms with Gasteiger partial charge in [0, 0.05) is 51.0 Å². The predicted octanol–water partition coefficient (Wildman–Crippen LogP) is 4.00. The van der Waals surface area contributed by atoms with Crippen LogP contribution in [0.25, 0.3) is 39.7 Å². The molecule has 0 atom stereocenters. The Morgan fingerprint density at radius 2 is 1.89 bits per heavy atom. The molecule has 5 aromatic heterocycles. The molecule has 0 saturated carbocycles. The summed E-state index contributed by atoms with van der Waals surface area (Å²) in [6.45, 7) is 5.14. The lowest BCUT2D eigenvalue weighted by Gasteiger charge is -2.36. The number of fused-ring (bicyclic) bond motifs is 3. The predicted molar refractivity (Wildman–Crippen MR) is 161 cm³/mol. The molecule has 13 nitrogen and oxygen atoms in total. The van der Waals surface area contributed by atoms with Gasteiger partial charge in [-0.2, -0.15) is 9.50 Å². The van der Waals surface area contributed by atoms with E-state index >= 15 is 0 Å². The fourth-order valence-electron chi connectivity index (χ4n) is 5.58. The van der Waals surface area contributed by atoms with E-state index in [1.807, 2.05) is 24.0 Å². The van der Waals surface area contributed by atoms with Crippen LogP contribution < -0.4 is 10.6 Å². The molecule has 3 N–H and O–H groups in total. The number of rotatable bonds is 7. The van der Waals surface area contributed by atoms with Gasteiger partial charge >= 0.3 is 5.97 Å². The number of aryl methyl sites for hydroxylation is 1. The van der Waals surface area contributed by atoms with Gasteiger partial charge in [0.2, 0.25) is 17.7 Å². The number of nitrogens with two attached hydrogens (primary N) is 1. The highest BCUT2D eigenvalue weighted by Gasteiger charge is 2.28. The highest BCUT2D eigenvalue weighted by Crippen LogP contribution is 2.34. The van der Waals surface area contributed by atoms with Gasteiger partial charge in [-0.25, -0.2) is 19.2 Å². The molecule has 224 valence electrons. The van der Waals surface area contributed by atoms with Crippen LogP contribution >= 0.6 is 11.6 Å². The molecule has 0 spiro atoms. The zero-order chi connectivity index (χ0) is 30.5. The first kappa shape index (κ1) is 27.7. The monoisotopic (exact) mass is 616 g/mol. The molecule has 1 saturated heterocycles. The summed E-state index contributed by atoms with van der Waals surface area (Å²) in [4.78, 5) is 34.2. The van der Waals surface area contributed by atoms with Crippen molar-refractivity contribution in [2.24, 2.45) is 0 Å². The average molecular weight is 617 g/mol. The van der Waals surface area contributed by atoms with Crippen molar-refractivity contribution in [1.82, 2.24) is 39.0 Å². The van der Waals surface area contributed by atoms with Crippen LogP contribution in [0, 0.1) is 12.7 Å². The largest absolute Gasteiger partial charge is 0.477 e. The van der Waals surface area contributed by atoms with Crippen LogP contribution in [-0.4, -0.2) is 82.8 Å². The van der Waals surface area contributed by atoms with E-state index in [0.29, 0.717) is 78.1 Å². The minimum atomic E-state index is -1.20. The first-order valence-corrected chi connectivity index (χ1v) is 14.2. The lowest BCUT2D eigenvalue weighted by Crippen LogP contribution is -2.47. The number of benzene rings is 1. The van der Waals surface area contributed by atoms with Crippen molar-refractivity contribution < 1.29 is 18.7 Å². The van der Waals surface area contributed by atoms with Crippen molar-refractivity contribution in [2.75, 3.05) is 43.4 Å². The molecule has 6 aromatic rings. The van der Waals surface area contributed by atoms with Crippen molar-refractivity contribution in [2.45, 2.75) is 13.5 Å². The molecule has 15 heteroatoms. The summed E-state index contributed by atoms with van der Waals surface area (Å²) in [5.41, 5.74) is 9.46. The van der Waals surface area contributed by atoms with Crippen LogP contribution in [0.4, 0.5) is 16.0 Å². The maximum absolute atomic E-state index is 14.8. The summed E-state index contributed by atoms with van der Waals surface area (Å²) >= 11 is 6.70. The summed E-state index contributed by atoms with van der Waals surface area (Å²) in [7, 11) is 0. The van der Waals surface area contributed by atoms with Gasteiger partial charge in [-0.05, 0) is 42.8 Å². The zero-order valence-corrected chi connectivity index (χ0v) is 24.2. The summed E-state index contributed by atoms with van der Waals surface area (Å²) in [5.74, 6) is -0.740. The third kappa shape index (κ3) is 4.77. The second kappa shape index (κ2) is 10.9. The van der Waals surface area contributed by atoms with Crippen molar-refractivity contribution in [3.63, 3.8) is 0 Å². The number of anilines is 2. The first-order valence-electron chi connectivity index (χ1n) is 13.9. The molecule has 6 heterocycles. The highest BCUT2D eigenvalue weighted by atomic mass is 35.5. The molecule has 7 rings (SSSR count). The third-order valence-corrected chi connectivity index (χ3v) is 8.14. The van der Waals surface area contributed by atoms with Gasteiger partial charge in [-0.3, -0.25) is 9.88 Å². The number of carbonyl (C=O) groups is 1. The van der Waals surface area contributed by atoms with E-state index < -0.39 is 5.97 Å². The van der Waals surface area contributed by atoms with E-state index in [9.17, 15) is 14.3 Å². The number of carboxylic acids is 1. The van der Waals surface area contributed by atoms with Crippen LogP contribution in [0.1, 0.15) is 16.1 Å². The second-order valence-electron chi connectivity index (χ2n) is 10.5. The number of halogens is 2. The van der Waals surface area contributed by atoms with Crippen molar-refractivity contribution >= 4 is 45.9 Å². The Kier molecular flexibility index (Phi) is 6.86. The molecular formula is C29H26ClFN10O3.